The maximum Gasteiger partial charge on any atom is 0.441 e. The molecule has 0 amide bonds. The third-order valence-corrected chi connectivity index (χ3v) is 2.27. The summed E-state index contributed by atoms with van der Waals surface area (Å²) in [4.78, 5) is 7.67. The van der Waals surface area contributed by atoms with E-state index in [0.717, 1.165) is 0 Å². The molecule has 0 radical (unpaired) electrons. The summed E-state index contributed by atoms with van der Waals surface area (Å²) in [6, 6.07) is 5.16. The summed E-state index contributed by atoms with van der Waals surface area (Å²) in [7, 11) is 0. The summed E-state index contributed by atoms with van der Waals surface area (Å²) in [6.45, 7) is -0.00412. The smallest absolute Gasteiger partial charge is 0.370 e. The Labute approximate surface area is 124 Å². The Hall–Kier alpha value is -0.710. The quantitative estimate of drug-likeness (QED) is 0.358. The van der Waals surface area contributed by atoms with Crippen LogP contribution in [0.15, 0.2) is 29.4 Å². The molecular formula is C9H12F3IN4S. The zero-order chi connectivity index (χ0) is 12.7. The minimum atomic E-state index is -4.22. The minimum absolute atomic E-state index is 0. The molecule has 18 heavy (non-hydrogen) atoms. The molecule has 0 aliphatic carbocycles. The van der Waals surface area contributed by atoms with Crippen LogP contribution in [0.3, 0.4) is 0 Å². The molecule has 0 aliphatic rings. The van der Waals surface area contributed by atoms with Crippen LogP contribution < -0.4 is 11.1 Å². The van der Waals surface area contributed by atoms with E-state index in [-0.39, 0.29) is 54.0 Å². The monoisotopic (exact) mass is 392 g/mol. The number of rotatable bonds is 4. The van der Waals surface area contributed by atoms with Gasteiger partial charge in [0.2, 0.25) is 0 Å². The van der Waals surface area contributed by atoms with E-state index in [4.69, 9.17) is 5.73 Å². The van der Waals surface area contributed by atoms with Gasteiger partial charge in [0.1, 0.15) is 5.82 Å². The van der Waals surface area contributed by atoms with Crippen molar-refractivity contribution in [1.82, 2.24) is 4.98 Å². The van der Waals surface area contributed by atoms with Gasteiger partial charge in [0.15, 0.2) is 5.96 Å². The van der Waals surface area contributed by atoms with E-state index in [9.17, 15) is 13.2 Å². The van der Waals surface area contributed by atoms with Gasteiger partial charge in [-0.05, 0) is 23.9 Å². The van der Waals surface area contributed by atoms with Gasteiger partial charge in [-0.15, -0.1) is 24.0 Å². The van der Waals surface area contributed by atoms with Crippen molar-refractivity contribution in [1.29, 1.82) is 0 Å². The lowest BCUT2D eigenvalue weighted by Gasteiger charge is -2.05. The normalized spacial score (nSPS) is 11.8. The molecular weight excluding hydrogens is 380 g/mol. The third-order valence-electron chi connectivity index (χ3n) is 1.56. The number of pyridine rings is 1. The fraction of sp³-hybridized carbons (Fsp3) is 0.333. The van der Waals surface area contributed by atoms with Crippen LogP contribution in [0.5, 0.6) is 0 Å². The summed E-state index contributed by atoms with van der Waals surface area (Å²) >= 11 is -0.124. The highest BCUT2D eigenvalue weighted by Gasteiger charge is 2.27. The number of aromatic nitrogens is 1. The molecule has 0 fully saturated rings. The van der Waals surface area contributed by atoms with Crippen molar-refractivity contribution < 1.29 is 13.2 Å². The topological polar surface area (TPSA) is 63.3 Å². The molecule has 1 rings (SSSR count). The summed E-state index contributed by atoms with van der Waals surface area (Å²) in [5.74, 6) is 0.386. The zero-order valence-corrected chi connectivity index (χ0v) is 12.3. The largest absolute Gasteiger partial charge is 0.441 e. The van der Waals surface area contributed by atoms with Gasteiger partial charge in [0, 0.05) is 11.9 Å². The van der Waals surface area contributed by atoms with Crippen LogP contribution >= 0.6 is 35.7 Å². The standard InChI is InChI=1S/C9H11F3N4S.HI/c10-9(11,12)17-6-5-15-8(13)16-7-3-1-2-4-14-7;/h1-4H,5-6H2,(H3,13,14,15,16);1H. The van der Waals surface area contributed by atoms with Crippen LogP contribution in [-0.4, -0.2) is 28.7 Å². The number of guanidine groups is 1. The van der Waals surface area contributed by atoms with E-state index in [1.165, 1.54) is 0 Å². The fourth-order valence-electron chi connectivity index (χ4n) is 0.935. The van der Waals surface area contributed by atoms with E-state index in [2.05, 4.69) is 15.3 Å². The second-order valence-corrected chi connectivity index (χ2v) is 4.06. The summed E-state index contributed by atoms with van der Waals surface area (Å²) < 4.78 is 35.4. The third kappa shape index (κ3) is 8.39. The van der Waals surface area contributed by atoms with Crippen molar-refractivity contribution in [2.75, 3.05) is 17.6 Å². The van der Waals surface area contributed by atoms with Gasteiger partial charge in [0.05, 0.1) is 6.54 Å². The Balaban J connectivity index is 0.00000289. The molecule has 0 saturated carbocycles. The van der Waals surface area contributed by atoms with Gasteiger partial charge in [-0.1, -0.05) is 6.07 Å². The van der Waals surface area contributed by atoms with Gasteiger partial charge >= 0.3 is 5.51 Å². The Morgan fingerprint density at radius 3 is 2.72 bits per heavy atom. The molecule has 0 unspecified atom stereocenters. The number of hydrogen-bond donors (Lipinski definition) is 2. The summed E-state index contributed by atoms with van der Waals surface area (Å²) in [5.41, 5.74) is 1.24. The molecule has 0 aromatic carbocycles. The van der Waals surface area contributed by atoms with Crippen molar-refractivity contribution in [2.45, 2.75) is 5.51 Å². The van der Waals surface area contributed by atoms with Crippen molar-refractivity contribution in [2.24, 2.45) is 10.7 Å². The first kappa shape index (κ1) is 17.3. The fourth-order valence-corrected chi connectivity index (χ4v) is 1.35. The van der Waals surface area contributed by atoms with Gasteiger partial charge in [-0.25, -0.2) is 4.98 Å². The molecule has 1 aromatic rings. The molecule has 0 saturated heterocycles. The number of thioether (sulfide) groups is 1. The van der Waals surface area contributed by atoms with Crippen LogP contribution in [0.2, 0.25) is 0 Å². The lowest BCUT2D eigenvalue weighted by molar-refractivity contribution is -0.0327. The van der Waals surface area contributed by atoms with Crippen LogP contribution in [0.1, 0.15) is 0 Å². The molecule has 0 aliphatic heterocycles. The van der Waals surface area contributed by atoms with E-state index < -0.39 is 5.51 Å². The van der Waals surface area contributed by atoms with E-state index in [1.807, 2.05) is 0 Å². The lowest BCUT2D eigenvalue weighted by Crippen LogP contribution is -2.23. The highest BCUT2D eigenvalue weighted by Crippen LogP contribution is 2.29. The molecule has 9 heteroatoms. The lowest BCUT2D eigenvalue weighted by atomic mass is 10.5. The van der Waals surface area contributed by atoms with Crippen LogP contribution in [-0.2, 0) is 0 Å². The number of aliphatic imine (C=N–C) groups is 1. The number of hydrogen-bond acceptors (Lipinski definition) is 3. The van der Waals surface area contributed by atoms with Crippen molar-refractivity contribution >= 4 is 47.5 Å². The maximum atomic E-state index is 11.8. The number of alkyl halides is 3. The SMILES string of the molecule is I.NC(=NCCSC(F)(F)F)Nc1ccccn1. The molecule has 0 bridgehead atoms. The first-order chi connectivity index (χ1) is 7.97. The molecule has 3 N–H and O–H groups in total. The molecule has 1 heterocycles. The zero-order valence-electron chi connectivity index (χ0n) is 9.15. The first-order valence-electron chi connectivity index (χ1n) is 4.66. The van der Waals surface area contributed by atoms with Crippen LogP contribution in [0, 0.1) is 0 Å². The van der Waals surface area contributed by atoms with Gasteiger partial charge in [-0.2, -0.15) is 13.2 Å². The predicted octanol–water partition coefficient (Wildman–Crippen LogP) is 2.68. The average molecular weight is 392 g/mol. The van der Waals surface area contributed by atoms with Crippen molar-refractivity contribution in [3.63, 3.8) is 0 Å². The van der Waals surface area contributed by atoms with Crippen molar-refractivity contribution in [3.8, 4) is 0 Å². The Morgan fingerprint density at radius 1 is 1.44 bits per heavy atom. The second kappa shape index (κ2) is 8.40. The molecule has 4 nitrogen and oxygen atoms in total. The highest BCUT2D eigenvalue weighted by molar-refractivity contribution is 14.0. The van der Waals surface area contributed by atoms with Crippen molar-refractivity contribution in [3.05, 3.63) is 24.4 Å². The predicted molar refractivity (Wildman–Crippen MR) is 78.3 cm³/mol. The minimum Gasteiger partial charge on any atom is -0.370 e. The summed E-state index contributed by atoms with van der Waals surface area (Å²) in [6.07, 6.45) is 1.56. The van der Waals surface area contributed by atoms with Crippen LogP contribution in [0.4, 0.5) is 19.0 Å². The summed E-state index contributed by atoms with van der Waals surface area (Å²) in [5, 5.41) is 2.67. The van der Waals surface area contributed by atoms with Crippen LogP contribution in [0.25, 0.3) is 0 Å². The molecule has 1 aromatic heterocycles. The Morgan fingerprint density at radius 2 is 2.17 bits per heavy atom. The number of nitrogens with zero attached hydrogens (tertiary/aromatic N) is 2. The average Bonchev–Trinajstić information content (AvgIpc) is 2.25. The Kier molecular flexibility index (Phi) is 8.07. The number of anilines is 1. The van der Waals surface area contributed by atoms with Gasteiger partial charge < -0.3 is 11.1 Å². The number of nitrogens with two attached hydrogens (primary N) is 1. The Bertz CT molecular complexity index is 372. The number of halogens is 4. The van der Waals surface area contributed by atoms with E-state index in [0.29, 0.717) is 5.82 Å². The van der Waals surface area contributed by atoms with E-state index in [1.54, 1.807) is 24.4 Å². The number of nitrogens with one attached hydrogen (secondary N) is 1. The molecule has 0 spiro atoms. The first-order valence-corrected chi connectivity index (χ1v) is 5.64. The van der Waals surface area contributed by atoms with Gasteiger partial charge in [0.25, 0.3) is 0 Å². The molecule has 102 valence electrons. The van der Waals surface area contributed by atoms with Gasteiger partial charge in [-0.3, -0.25) is 4.99 Å². The maximum absolute atomic E-state index is 11.8. The highest BCUT2D eigenvalue weighted by atomic mass is 127. The molecule has 0 atom stereocenters. The second-order valence-electron chi connectivity index (χ2n) is 2.90. The van der Waals surface area contributed by atoms with E-state index >= 15 is 0 Å².